The van der Waals surface area contributed by atoms with Gasteiger partial charge in [-0.05, 0) is 60.9 Å². The second-order valence-electron chi connectivity index (χ2n) is 8.12. The zero-order valence-corrected chi connectivity index (χ0v) is 19.9. The van der Waals surface area contributed by atoms with Crippen LogP contribution < -0.4 is 10.1 Å². The fraction of sp³-hybridized carbons (Fsp3) is 0.269. The summed E-state index contributed by atoms with van der Waals surface area (Å²) in [7, 11) is -3.52. The Hall–Kier alpha value is -3.20. The van der Waals surface area contributed by atoms with E-state index in [9.17, 15) is 13.2 Å². The van der Waals surface area contributed by atoms with Crippen LogP contribution in [0.3, 0.4) is 0 Å². The maximum Gasteiger partial charge on any atom is 0.243 e. The van der Waals surface area contributed by atoms with Gasteiger partial charge in [0, 0.05) is 19.5 Å². The number of morpholine rings is 1. The van der Waals surface area contributed by atoms with Crippen LogP contribution in [-0.4, -0.2) is 44.9 Å². The Bertz CT molecular complexity index is 1240. The number of aryl methyl sites for hydroxylation is 2. The van der Waals surface area contributed by atoms with Crippen molar-refractivity contribution in [1.82, 2.24) is 4.31 Å². The number of amides is 1. The number of benzene rings is 3. The smallest absolute Gasteiger partial charge is 0.243 e. The van der Waals surface area contributed by atoms with Gasteiger partial charge in [-0.1, -0.05) is 36.4 Å². The van der Waals surface area contributed by atoms with Crippen LogP contribution >= 0.6 is 0 Å². The molecular weight excluding hydrogens is 452 g/mol. The lowest BCUT2D eigenvalue weighted by molar-refractivity contribution is -0.116. The predicted molar refractivity (Wildman–Crippen MR) is 131 cm³/mol. The van der Waals surface area contributed by atoms with E-state index in [1.807, 2.05) is 49.4 Å². The highest BCUT2D eigenvalue weighted by Gasteiger charge is 2.26. The molecule has 4 rings (SSSR count). The molecule has 1 aliphatic heterocycles. The molecule has 0 atom stereocenters. The maximum absolute atomic E-state index is 12.7. The van der Waals surface area contributed by atoms with Crippen molar-refractivity contribution in [3.63, 3.8) is 0 Å². The number of carbonyl (C=O) groups excluding carboxylic acids is 1. The molecule has 0 unspecified atom stereocenters. The first-order valence-corrected chi connectivity index (χ1v) is 12.7. The SMILES string of the molecule is Cc1cccc(Oc2ccccc2NC(=O)CCc2ccc(S(=O)(=O)N3CCOCC3)cc2)c1. The molecule has 7 nitrogen and oxygen atoms in total. The molecule has 0 aromatic heterocycles. The van der Waals surface area contributed by atoms with Crippen molar-refractivity contribution in [2.45, 2.75) is 24.7 Å². The van der Waals surface area contributed by atoms with Crippen LogP contribution in [0.2, 0.25) is 0 Å². The van der Waals surface area contributed by atoms with Gasteiger partial charge in [0.15, 0.2) is 5.75 Å². The first-order valence-electron chi connectivity index (χ1n) is 11.2. The Morgan fingerprint density at radius 3 is 2.47 bits per heavy atom. The molecule has 3 aromatic rings. The molecule has 1 amide bonds. The second kappa shape index (κ2) is 10.8. The average Bonchev–Trinajstić information content (AvgIpc) is 2.85. The fourth-order valence-electron chi connectivity index (χ4n) is 3.70. The third kappa shape index (κ3) is 6.02. The van der Waals surface area contributed by atoms with Crippen molar-refractivity contribution >= 4 is 21.6 Å². The molecule has 0 spiro atoms. The van der Waals surface area contributed by atoms with E-state index < -0.39 is 10.0 Å². The summed E-state index contributed by atoms with van der Waals surface area (Å²) in [6, 6.07) is 21.7. The number of sulfonamides is 1. The number of hydrogen-bond donors (Lipinski definition) is 1. The van der Waals surface area contributed by atoms with Gasteiger partial charge in [0.1, 0.15) is 5.75 Å². The summed E-state index contributed by atoms with van der Waals surface area (Å²) in [5.74, 6) is 1.12. The normalized spacial score (nSPS) is 14.5. The number of nitrogens with one attached hydrogen (secondary N) is 1. The largest absolute Gasteiger partial charge is 0.455 e. The van der Waals surface area contributed by atoms with Crippen molar-refractivity contribution in [1.29, 1.82) is 0 Å². The highest BCUT2D eigenvalue weighted by molar-refractivity contribution is 7.89. The van der Waals surface area contributed by atoms with Gasteiger partial charge >= 0.3 is 0 Å². The summed E-state index contributed by atoms with van der Waals surface area (Å²) in [6.07, 6.45) is 0.749. The van der Waals surface area contributed by atoms with Crippen LogP contribution in [0, 0.1) is 6.92 Å². The molecule has 1 aliphatic rings. The standard InChI is InChI=1S/C26H28N2O5S/c1-20-5-4-6-22(19-20)33-25-8-3-2-7-24(25)27-26(29)14-11-21-9-12-23(13-10-21)34(30,31)28-15-17-32-18-16-28/h2-10,12-13,19H,11,14-18H2,1H3,(H,27,29). The zero-order valence-electron chi connectivity index (χ0n) is 19.1. The molecule has 0 saturated carbocycles. The highest BCUT2D eigenvalue weighted by atomic mass is 32.2. The van der Waals surface area contributed by atoms with Crippen molar-refractivity contribution in [3.8, 4) is 11.5 Å². The van der Waals surface area contributed by atoms with Gasteiger partial charge in [0.05, 0.1) is 23.8 Å². The Labute approximate surface area is 200 Å². The van der Waals surface area contributed by atoms with Crippen LogP contribution in [0.25, 0.3) is 0 Å². The number of rotatable bonds is 8. The summed E-state index contributed by atoms with van der Waals surface area (Å²) in [6.45, 7) is 3.53. The molecule has 0 radical (unpaired) electrons. The average molecular weight is 481 g/mol. The van der Waals surface area contributed by atoms with Crippen molar-refractivity contribution < 1.29 is 22.7 Å². The number of nitrogens with zero attached hydrogens (tertiary/aromatic N) is 1. The first kappa shape index (κ1) is 23.9. The highest BCUT2D eigenvalue weighted by Crippen LogP contribution is 2.30. The predicted octanol–water partition coefficient (Wildman–Crippen LogP) is 4.38. The number of ether oxygens (including phenoxy) is 2. The Morgan fingerprint density at radius 2 is 1.74 bits per heavy atom. The summed E-state index contributed by atoms with van der Waals surface area (Å²) in [5, 5.41) is 2.92. The van der Waals surface area contributed by atoms with Crippen LogP contribution in [0.4, 0.5) is 5.69 Å². The van der Waals surface area contributed by atoms with Gasteiger partial charge in [0.2, 0.25) is 15.9 Å². The molecule has 1 heterocycles. The van der Waals surface area contributed by atoms with E-state index in [-0.39, 0.29) is 17.2 Å². The van der Waals surface area contributed by atoms with E-state index in [4.69, 9.17) is 9.47 Å². The van der Waals surface area contributed by atoms with Crippen molar-refractivity contribution in [2.24, 2.45) is 0 Å². The van der Waals surface area contributed by atoms with Gasteiger partial charge in [-0.25, -0.2) is 8.42 Å². The van der Waals surface area contributed by atoms with Crippen LogP contribution in [-0.2, 0) is 26.0 Å². The van der Waals surface area contributed by atoms with Crippen LogP contribution in [0.15, 0.2) is 77.7 Å². The molecule has 1 fully saturated rings. The fourth-order valence-corrected chi connectivity index (χ4v) is 5.11. The van der Waals surface area contributed by atoms with Crippen molar-refractivity contribution in [3.05, 3.63) is 83.9 Å². The third-order valence-corrected chi connectivity index (χ3v) is 7.46. The van der Waals surface area contributed by atoms with Crippen molar-refractivity contribution in [2.75, 3.05) is 31.6 Å². The van der Waals surface area contributed by atoms with E-state index in [0.29, 0.717) is 49.9 Å². The van der Waals surface area contributed by atoms with Gasteiger partial charge in [-0.15, -0.1) is 0 Å². The maximum atomic E-state index is 12.7. The second-order valence-corrected chi connectivity index (χ2v) is 10.1. The quantitative estimate of drug-likeness (QED) is 0.517. The lowest BCUT2D eigenvalue weighted by Gasteiger charge is -2.26. The molecular formula is C26H28N2O5S. The summed E-state index contributed by atoms with van der Waals surface area (Å²) in [4.78, 5) is 12.9. The molecule has 178 valence electrons. The molecule has 8 heteroatoms. The molecule has 0 bridgehead atoms. The van der Waals surface area contributed by atoms with Gasteiger partial charge < -0.3 is 14.8 Å². The number of para-hydroxylation sites is 2. The van der Waals surface area contributed by atoms with E-state index in [1.54, 1.807) is 30.3 Å². The molecule has 34 heavy (non-hydrogen) atoms. The lowest BCUT2D eigenvalue weighted by Crippen LogP contribution is -2.40. The van der Waals surface area contributed by atoms with E-state index >= 15 is 0 Å². The minimum absolute atomic E-state index is 0.148. The number of hydrogen-bond acceptors (Lipinski definition) is 5. The summed E-state index contributed by atoms with van der Waals surface area (Å²) < 4.78 is 38.1. The molecule has 3 aromatic carbocycles. The first-order chi connectivity index (χ1) is 16.4. The lowest BCUT2D eigenvalue weighted by atomic mass is 10.1. The van der Waals surface area contributed by atoms with Crippen LogP contribution in [0.5, 0.6) is 11.5 Å². The topological polar surface area (TPSA) is 84.9 Å². The van der Waals surface area contributed by atoms with Gasteiger partial charge in [0.25, 0.3) is 0 Å². The molecule has 1 N–H and O–H groups in total. The van der Waals surface area contributed by atoms with E-state index in [0.717, 1.165) is 11.1 Å². The molecule has 1 saturated heterocycles. The Kier molecular flexibility index (Phi) is 7.62. The van der Waals surface area contributed by atoms with Gasteiger partial charge in [-0.3, -0.25) is 4.79 Å². The zero-order chi connectivity index (χ0) is 24.0. The Balaban J connectivity index is 1.35. The minimum atomic E-state index is -3.52. The van der Waals surface area contributed by atoms with Gasteiger partial charge in [-0.2, -0.15) is 4.31 Å². The van der Waals surface area contributed by atoms with E-state index in [1.165, 1.54) is 4.31 Å². The van der Waals surface area contributed by atoms with Crippen LogP contribution in [0.1, 0.15) is 17.5 Å². The summed E-state index contributed by atoms with van der Waals surface area (Å²) in [5.41, 5.74) is 2.57. The number of anilines is 1. The monoisotopic (exact) mass is 480 g/mol. The minimum Gasteiger partial charge on any atom is -0.455 e. The molecule has 0 aliphatic carbocycles. The third-order valence-electron chi connectivity index (χ3n) is 5.55. The number of carbonyl (C=O) groups is 1. The Morgan fingerprint density at radius 1 is 1.00 bits per heavy atom. The van der Waals surface area contributed by atoms with E-state index in [2.05, 4.69) is 5.32 Å². The summed E-state index contributed by atoms with van der Waals surface area (Å²) >= 11 is 0.